The first-order valence-electron chi connectivity index (χ1n) is 4.69. The Morgan fingerprint density at radius 1 is 1.07 bits per heavy atom. The molecule has 0 saturated heterocycles. The summed E-state index contributed by atoms with van der Waals surface area (Å²) >= 11 is -3.21. The molecular formula is C9H17NO4Ti. The molecule has 0 aliphatic heterocycles. The Kier molecular flexibility index (Phi) is 6.13. The molecule has 0 saturated carbocycles. The molecule has 5 nitrogen and oxygen atoms in total. The predicted octanol–water partition coefficient (Wildman–Crippen LogP) is 0.618. The Balaban J connectivity index is 4.82. The van der Waals surface area contributed by atoms with Gasteiger partial charge in [0.2, 0.25) is 0 Å². The van der Waals surface area contributed by atoms with E-state index in [0.29, 0.717) is 18.9 Å². The fourth-order valence-electron chi connectivity index (χ4n) is 1.39. The third-order valence-electron chi connectivity index (χ3n) is 1.85. The Morgan fingerprint density at radius 3 is 1.60 bits per heavy atom. The van der Waals surface area contributed by atoms with E-state index in [1.165, 1.54) is 0 Å². The van der Waals surface area contributed by atoms with Gasteiger partial charge in [-0.25, -0.2) is 0 Å². The predicted molar refractivity (Wildman–Crippen MR) is 52.0 cm³/mol. The number of carbonyl (C=O) groups excluding carboxylic acids is 3. The molecule has 0 unspecified atom stereocenters. The van der Waals surface area contributed by atoms with Crippen LogP contribution in [0.5, 0.6) is 0 Å². The molecule has 0 fully saturated rings. The molecule has 0 aromatic heterocycles. The topological polar surface area (TPSA) is 86.5 Å². The van der Waals surface area contributed by atoms with Crippen molar-refractivity contribution in [2.45, 2.75) is 33.7 Å². The molecule has 0 amide bonds. The molecule has 0 aromatic carbocycles. The molecule has 86 valence electrons. The van der Waals surface area contributed by atoms with E-state index in [9.17, 15) is 14.4 Å². The normalized spacial score (nSPS) is 12.2. The van der Waals surface area contributed by atoms with Gasteiger partial charge in [0.05, 0.1) is 0 Å². The number of rotatable bonds is 8. The number of nitrogens with two attached hydrogens (primary N) is 1. The van der Waals surface area contributed by atoms with Gasteiger partial charge in [-0.05, 0) is 0 Å². The van der Waals surface area contributed by atoms with Crippen LogP contribution in [-0.2, 0) is 34.7 Å². The summed E-state index contributed by atoms with van der Waals surface area (Å²) in [6.07, 6.45) is 2.12. The van der Waals surface area contributed by atoms with Gasteiger partial charge in [0.25, 0.3) is 0 Å². The average Bonchev–Trinajstić information content (AvgIpc) is 2.01. The summed E-state index contributed by atoms with van der Waals surface area (Å²) in [5.74, 6) is 0. The molecular weight excluding hydrogens is 234 g/mol. The zero-order valence-electron chi connectivity index (χ0n) is 9.06. The molecule has 0 atom stereocenters. The third kappa shape index (κ3) is 5.94. The minimum absolute atomic E-state index is 0.165. The maximum atomic E-state index is 10.6. The molecule has 2 N–H and O–H groups in total. The van der Waals surface area contributed by atoms with Crippen molar-refractivity contribution in [3.63, 3.8) is 0 Å². The standard InChI is InChI=1S/C3H8NO.3C2H3O.Ti/c1-3(2,4)5;3*1-2-3;/h4H2,1-2H3;3*2H,1H2;/q-1;;;;+1. The third-order valence-corrected chi connectivity index (χ3v) is 7.61. The van der Waals surface area contributed by atoms with Crippen LogP contribution in [0.2, 0.25) is 14.2 Å². The van der Waals surface area contributed by atoms with Crippen LogP contribution in [0.15, 0.2) is 0 Å². The van der Waals surface area contributed by atoms with E-state index < -0.39 is 22.7 Å². The number of hydrogen-bond donors (Lipinski definition) is 1. The van der Waals surface area contributed by atoms with Gasteiger partial charge in [0.1, 0.15) is 0 Å². The fraction of sp³-hybridized carbons (Fsp3) is 0.667. The molecule has 0 radical (unpaired) electrons. The van der Waals surface area contributed by atoms with Crippen LogP contribution < -0.4 is 5.73 Å². The molecule has 0 spiro atoms. The molecule has 0 aliphatic carbocycles. The summed E-state index contributed by atoms with van der Waals surface area (Å²) < 4.78 is 6.11. The molecule has 0 rings (SSSR count). The monoisotopic (exact) mass is 251 g/mol. The quantitative estimate of drug-likeness (QED) is 0.388. The van der Waals surface area contributed by atoms with Crippen LogP contribution in [0.25, 0.3) is 0 Å². The Hall–Kier alpha value is -0.356. The zero-order chi connectivity index (χ0) is 11.9. The molecule has 0 aromatic rings. The van der Waals surface area contributed by atoms with Crippen LogP contribution in [0.1, 0.15) is 13.8 Å². The number of hydrogen-bond acceptors (Lipinski definition) is 5. The van der Waals surface area contributed by atoms with Gasteiger partial charge in [-0.2, -0.15) is 0 Å². The van der Waals surface area contributed by atoms with E-state index >= 15 is 0 Å². The fourth-order valence-corrected chi connectivity index (χ4v) is 5.73. The zero-order valence-corrected chi connectivity index (χ0v) is 10.6. The first-order chi connectivity index (χ1) is 6.89. The summed E-state index contributed by atoms with van der Waals surface area (Å²) in [5.41, 5.74) is 4.78. The van der Waals surface area contributed by atoms with Crippen molar-refractivity contribution < 1.29 is 34.7 Å². The first kappa shape index (κ1) is 14.6. The van der Waals surface area contributed by atoms with E-state index in [2.05, 4.69) is 0 Å². The van der Waals surface area contributed by atoms with Crippen molar-refractivity contribution in [1.29, 1.82) is 0 Å². The summed E-state index contributed by atoms with van der Waals surface area (Å²) in [6, 6.07) is 0. The summed E-state index contributed by atoms with van der Waals surface area (Å²) in [5, 5.41) is 0. The van der Waals surface area contributed by atoms with Crippen molar-refractivity contribution in [2.24, 2.45) is 5.73 Å². The van der Waals surface area contributed by atoms with Crippen LogP contribution in [0.4, 0.5) is 0 Å². The van der Waals surface area contributed by atoms with E-state index in [-0.39, 0.29) is 14.2 Å². The molecule has 0 aliphatic rings. The van der Waals surface area contributed by atoms with Crippen LogP contribution in [0, 0.1) is 0 Å². The van der Waals surface area contributed by atoms with Gasteiger partial charge < -0.3 is 0 Å². The van der Waals surface area contributed by atoms with Crippen LogP contribution in [-0.4, -0.2) is 24.6 Å². The van der Waals surface area contributed by atoms with Crippen molar-refractivity contribution in [3.8, 4) is 0 Å². The molecule has 15 heavy (non-hydrogen) atoms. The van der Waals surface area contributed by atoms with Crippen molar-refractivity contribution in [2.75, 3.05) is 0 Å². The van der Waals surface area contributed by atoms with Crippen molar-refractivity contribution >= 4 is 18.9 Å². The Bertz CT molecular complexity index is 210. The van der Waals surface area contributed by atoms with Gasteiger partial charge in [-0.3, -0.25) is 0 Å². The van der Waals surface area contributed by atoms with E-state index in [1.807, 2.05) is 0 Å². The average molecular weight is 251 g/mol. The minimum atomic E-state index is -3.21. The van der Waals surface area contributed by atoms with Crippen molar-refractivity contribution in [3.05, 3.63) is 0 Å². The second-order valence-electron chi connectivity index (χ2n) is 4.00. The van der Waals surface area contributed by atoms with Gasteiger partial charge in [-0.15, -0.1) is 0 Å². The van der Waals surface area contributed by atoms with Gasteiger partial charge >= 0.3 is 93.0 Å². The SMILES string of the molecule is CC(C)(N)[O][Ti]([CH2]C=O)([CH2]C=O)[CH2]C=O. The molecule has 6 heteroatoms. The Labute approximate surface area is 93.2 Å². The van der Waals surface area contributed by atoms with Crippen LogP contribution >= 0.6 is 0 Å². The van der Waals surface area contributed by atoms with Gasteiger partial charge in [-0.1, -0.05) is 0 Å². The first-order valence-corrected chi connectivity index (χ1v) is 8.64. The number of aldehydes is 3. The summed E-state index contributed by atoms with van der Waals surface area (Å²) in [4.78, 5) is 31.7. The summed E-state index contributed by atoms with van der Waals surface area (Å²) in [6.45, 7) is 3.29. The number of carbonyl (C=O) groups is 3. The van der Waals surface area contributed by atoms with E-state index in [1.54, 1.807) is 13.8 Å². The van der Waals surface area contributed by atoms with Gasteiger partial charge in [0, 0.05) is 0 Å². The van der Waals surface area contributed by atoms with Crippen LogP contribution in [0.3, 0.4) is 0 Å². The maximum absolute atomic E-state index is 10.6. The summed E-state index contributed by atoms with van der Waals surface area (Å²) in [7, 11) is 0. The second-order valence-corrected chi connectivity index (χ2v) is 9.93. The second kappa shape index (κ2) is 6.28. The van der Waals surface area contributed by atoms with E-state index in [0.717, 1.165) is 0 Å². The van der Waals surface area contributed by atoms with Crippen molar-refractivity contribution in [1.82, 2.24) is 0 Å². The Morgan fingerprint density at radius 2 is 1.40 bits per heavy atom. The molecule has 0 bridgehead atoms. The van der Waals surface area contributed by atoms with Gasteiger partial charge in [0.15, 0.2) is 0 Å². The van der Waals surface area contributed by atoms with E-state index in [4.69, 9.17) is 9.05 Å². The molecule has 0 heterocycles.